The number of carbonyl (C=O) groups excluding carboxylic acids is 2. The highest BCUT2D eigenvalue weighted by molar-refractivity contribution is 5.95. The summed E-state index contributed by atoms with van der Waals surface area (Å²) in [5.41, 5.74) is 1.84. The lowest BCUT2D eigenvalue weighted by Crippen LogP contribution is -2.37. The number of aryl methyl sites for hydroxylation is 1. The number of hydrogen-bond donors (Lipinski definition) is 0. The van der Waals surface area contributed by atoms with Crippen molar-refractivity contribution >= 4 is 11.8 Å². The average Bonchev–Trinajstić information content (AvgIpc) is 3.05. The average molecular weight is 272 g/mol. The van der Waals surface area contributed by atoms with E-state index >= 15 is 0 Å². The lowest BCUT2D eigenvalue weighted by Gasteiger charge is -2.29. The van der Waals surface area contributed by atoms with Gasteiger partial charge in [-0.2, -0.15) is 0 Å². The predicted octanol–water partition coefficient (Wildman–Crippen LogP) is 2.87. The number of carbonyl (C=O) groups is 2. The van der Waals surface area contributed by atoms with E-state index in [2.05, 4.69) is 24.3 Å². The zero-order chi connectivity index (χ0) is 14.7. The van der Waals surface area contributed by atoms with Crippen LogP contribution in [0.15, 0.2) is 24.3 Å². The van der Waals surface area contributed by atoms with Gasteiger partial charge >= 0.3 is 5.97 Å². The van der Waals surface area contributed by atoms with Crippen LogP contribution in [0.25, 0.3) is 0 Å². The molecule has 0 aliphatic heterocycles. The van der Waals surface area contributed by atoms with Crippen LogP contribution in [0.1, 0.15) is 37.8 Å². The number of rotatable bonds is 2. The van der Waals surface area contributed by atoms with Crippen molar-refractivity contribution in [2.45, 2.75) is 39.7 Å². The highest BCUT2D eigenvalue weighted by Gasteiger charge is 2.71. The van der Waals surface area contributed by atoms with Gasteiger partial charge in [-0.25, -0.2) is 0 Å². The lowest BCUT2D eigenvalue weighted by molar-refractivity contribution is -0.154. The van der Waals surface area contributed by atoms with Crippen molar-refractivity contribution in [2.75, 3.05) is 0 Å². The Hall–Kier alpha value is -1.64. The quantitative estimate of drug-likeness (QED) is 0.777. The molecule has 2 aliphatic carbocycles. The summed E-state index contributed by atoms with van der Waals surface area (Å²) in [5, 5.41) is 0. The van der Waals surface area contributed by atoms with Gasteiger partial charge in [-0.05, 0) is 26.3 Å². The van der Waals surface area contributed by atoms with E-state index in [0.717, 1.165) is 0 Å². The zero-order valence-corrected chi connectivity index (χ0v) is 12.3. The highest BCUT2D eigenvalue weighted by atomic mass is 16.5. The number of Topliss-reactive ketones (excluding diaryl/α,β-unsaturated/α-hetero) is 1. The van der Waals surface area contributed by atoms with Gasteiger partial charge in [0.2, 0.25) is 0 Å². The first-order valence-corrected chi connectivity index (χ1v) is 7.12. The zero-order valence-electron chi connectivity index (χ0n) is 12.3. The van der Waals surface area contributed by atoms with Crippen molar-refractivity contribution in [3.05, 3.63) is 35.4 Å². The molecule has 1 aromatic carbocycles. The molecule has 0 unspecified atom stereocenters. The van der Waals surface area contributed by atoms with Crippen LogP contribution in [0, 0.1) is 24.2 Å². The Bertz CT molecular complexity index is 570. The molecule has 0 bridgehead atoms. The molecule has 3 rings (SSSR count). The van der Waals surface area contributed by atoms with Gasteiger partial charge in [0.25, 0.3) is 0 Å². The van der Waals surface area contributed by atoms with Crippen molar-refractivity contribution in [3.8, 4) is 0 Å². The Labute approximate surface area is 119 Å². The first-order chi connectivity index (χ1) is 9.34. The van der Waals surface area contributed by atoms with Crippen molar-refractivity contribution in [3.63, 3.8) is 0 Å². The highest BCUT2D eigenvalue weighted by Crippen LogP contribution is 2.67. The van der Waals surface area contributed by atoms with E-state index < -0.39 is 5.41 Å². The molecule has 0 radical (unpaired) electrons. The number of esters is 1. The van der Waals surface area contributed by atoms with Crippen LogP contribution in [-0.4, -0.2) is 17.9 Å². The third-order valence-electron chi connectivity index (χ3n) is 4.83. The molecule has 0 amide bonds. The summed E-state index contributed by atoms with van der Waals surface area (Å²) in [6.45, 7) is 7.24. The van der Waals surface area contributed by atoms with Crippen molar-refractivity contribution in [1.29, 1.82) is 0 Å². The Morgan fingerprint density at radius 3 is 2.30 bits per heavy atom. The van der Waals surface area contributed by atoms with Gasteiger partial charge in [0.05, 0.1) is 5.41 Å². The van der Waals surface area contributed by atoms with Crippen molar-refractivity contribution in [2.24, 2.45) is 17.3 Å². The normalized spacial score (nSPS) is 33.7. The molecule has 20 heavy (non-hydrogen) atoms. The van der Waals surface area contributed by atoms with Gasteiger partial charge in [0, 0.05) is 24.7 Å². The second kappa shape index (κ2) is 4.18. The number of ketones is 1. The Morgan fingerprint density at radius 2 is 1.75 bits per heavy atom. The molecule has 1 aromatic rings. The molecule has 3 heteroatoms. The first-order valence-electron chi connectivity index (χ1n) is 7.12. The fourth-order valence-electron chi connectivity index (χ4n) is 3.72. The Kier molecular flexibility index (Phi) is 2.79. The largest absolute Gasteiger partial charge is 0.461 e. The summed E-state index contributed by atoms with van der Waals surface area (Å²) in [6, 6.07) is 8.31. The molecule has 106 valence electrons. The molecule has 2 saturated carbocycles. The van der Waals surface area contributed by atoms with Gasteiger partial charge < -0.3 is 4.74 Å². The molecule has 0 saturated heterocycles. The SMILES string of the molecule is CC(=O)O[C@H]1[C@H]2[C@@H](C(=O)C1(C)C)[C@@H]2c1ccc(C)cc1. The van der Waals surface area contributed by atoms with Crippen LogP contribution in [-0.2, 0) is 14.3 Å². The third-order valence-corrected chi connectivity index (χ3v) is 4.83. The van der Waals surface area contributed by atoms with E-state index in [0.29, 0.717) is 0 Å². The molecule has 3 nitrogen and oxygen atoms in total. The van der Waals surface area contributed by atoms with Gasteiger partial charge in [-0.3, -0.25) is 9.59 Å². The number of ether oxygens (including phenoxy) is 1. The van der Waals surface area contributed by atoms with Crippen LogP contribution in [0.2, 0.25) is 0 Å². The second-order valence-electron chi connectivity index (χ2n) is 6.66. The summed E-state index contributed by atoms with van der Waals surface area (Å²) in [6.07, 6.45) is -0.288. The van der Waals surface area contributed by atoms with Crippen molar-refractivity contribution in [1.82, 2.24) is 0 Å². The Balaban J connectivity index is 1.89. The summed E-state index contributed by atoms with van der Waals surface area (Å²) in [4.78, 5) is 23.8. The molecule has 0 aromatic heterocycles. The van der Waals surface area contributed by atoms with Gasteiger partial charge in [0.1, 0.15) is 11.9 Å². The molecular formula is C17H20O3. The third kappa shape index (κ3) is 1.80. The van der Waals surface area contributed by atoms with E-state index in [-0.39, 0.29) is 35.6 Å². The Morgan fingerprint density at radius 1 is 1.15 bits per heavy atom. The molecule has 0 spiro atoms. The first kappa shape index (κ1) is 13.3. The fraction of sp³-hybridized carbons (Fsp3) is 0.529. The molecule has 2 fully saturated rings. The number of fused-ring (bicyclic) bond motifs is 1. The van der Waals surface area contributed by atoms with E-state index in [4.69, 9.17) is 4.74 Å². The summed E-state index contributed by atoms with van der Waals surface area (Å²) in [7, 11) is 0. The standard InChI is InChI=1S/C17H20O3/c1-9-5-7-11(8-6-9)12-13-14(12)16(20-10(2)18)17(3,4)15(13)19/h5-8,12-14,16H,1-4H3/t12-,13-,14+,16-/m0/s1. The van der Waals surface area contributed by atoms with Gasteiger partial charge in [-0.1, -0.05) is 29.8 Å². The minimum Gasteiger partial charge on any atom is -0.461 e. The minimum atomic E-state index is -0.553. The smallest absolute Gasteiger partial charge is 0.302 e. The predicted molar refractivity (Wildman–Crippen MR) is 75.2 cm³/mol. The van der Waals surface area contributed by atoms with E-state index in [1.54, 1.807) is 0 Å². The van der Waals surface area contributed by atoms with Crippen LogP contribution < -0.4 is 0 Å². The minimum absolute atomic E-state index is 0.0251. The second-order valence-corrected chi connectivity index (χ2v) is 6.66. The van der Waals surface area contributed by atoms with Gasteiger partial charge in [-0.15, -0.1) is 0 Å². The molecule has 4 atom stereocenters. The van der Waals surface area contributed by atoms with Crippen molar-refractivity contribution < 1.29 is 14.3 Å². The number of hydrogen-bond acceptors (Lipinski definition) is 3. The summed E-state index contributed by atoms with van der Waals surface area (Å²) in [5.74, 6) is 0.340. The summed E-state index contributed by atoms with van der Waals surface area (Å²) >= 11 is 0. The van der Waals surface area contributed by atoms with Crippen LogP contribution in [0.4, 0.5) is 0 Å². The van der Waals surface area contributed by atoms with E-state index in [1.165, 1.54) is 18.1 Å². The molecular weight excluding hydrogens is 252 g/mol. The molecule has 2 aliphatic rings. The maximum Gasteiger partial charge on any atom is 0.302 e. The topological polar surface area (TPSA) is 43.4 Å². The van der Waals surface area contributed by atoms with Crippen LogP contribution in [0.3, 0.4) is 0 Å². The monoisotopic (exact) mass is 272 g/mol. The lowest BCUT2D eigenvalue weighted by atomic mass is 9.81. The maximum atomic E-state index is 12.5. The fourth-order valence-corrected chi connectivity index (χ4v) is 3.72. The summed E-state index contributed by atoms with van der Waals surface area (Å²) < 4.78 is 5.47. The van der Waals surface area contributed by atoms with E-state index in [1.807, 2.05) is 20.8 Å². The van der Waals surface area contributed by atoms with Crippen LogP contribution >= 0.6 is 0 Å². The van der Waals surface area contributed by atoms with Gasteiger partial charge in [0.15, 0.2) is 0 Å². The molecule has 0 heterocycles. The van der Waals surface area contributed by atoms with Crippen LogP contribution in [0.5, 0.6) is 0 Å². The maximum absolute atomic E-state index is 12.5. The molecule has 0 N–H and O–H groups in total. The number of benzene rings is 1. The van der Waals surface area contributed by atoms with E-state index in [9.17, 15) is 9.59 Å².